The molecule has 1 aliphatic rings. The molecule has 2 aromatic rings. The van der Waals surface area contributed by atoms with Crippen molar-refractivity contribution in [1.82, 2.24) is 5.32 Å². The third kappa shape index (κ3) is 2.99. The van der Waals surface area contributed by atoms with Crippen LogP contribution in [-0.4, -0.2) is 13.1 Å². The van der Waals surface area contributed by atoms with Crippen LogP contribution in [0.25, 0.3) is 0 Å². The zero-order valence-corrected chi connectivity index (χ0v) is 11.3. The Balaban J connectivity index is 1.85. The third-order valence-corrected chi connectivity index (χ3v) is 3.72. The molecule has 0 aromatic heterocycles. The van der Waals surface area contributed by atoms with Crippen molar-refractivity contribution in [3.05, 3.63) is 59.9 Å². The van der Waals surface area contributed by atoms with E-state index in [4.69, 9.17) is 4.74 Å². The lowest BCUT2D eigenvalue weighted by atomic mass is 9.89. The van der Waals surface area contributed by atoms with E-state index >= 15 is 0 Å². The monoisotopic (exact) mass is 271 g/mol. The molecule has 0 aliphatic carbocycles. The van der Waals surface area contributed by atoms with Gasteiger partial charge in [-0.05, 0) is 55.6 Å². The number of piperidine rings is 1. The minimum Gasteiger partial charge on any atom is -0.457 e. The summed E-state index contributed by atoms with van der Waals surface area (Å²) in [5.74, 6) is 1.62. The maximum atomic E-state index is 13.2. The van der Waals surface area contributed by atoms with Crippen molar-refractivity contribution in [2.24, 2.45) is 0 Å². The Morgan fingerprint density at radius 1 is 1.00 bits per heavy atom. The SMILES string of the molecule is Fc1cccc(Oc2ccccc2C2CCNCC2)c1. The Morgan fingerprint density at radius 2 is 1.80 bits per heavy atom. The largest absolute Gasteiger partial charge is 0.457 e. The zero-order valence-electron chi connectivity index (χ0n) is 11.3. The number of hydrogen-bond acceptors (Lipinski definition) is 2. The van der Waals surface area contributed by atoms with E-state index in [1.165, 1.54) is 17.7 Å². The fourth-order valence-corrected chi connectivity index (χ4v) is 2.70. The van der Waals surface area contributed by atoms with Crippen LogP contribution in [0, 0.1) is 5.82 Å². The molecule has 1 fully saturated rings. The number of halogens is 1. The van der Waals surface area contributed by atoms with Gasteiger partial charge in [0.1, 0.15) is 17.3 Å². The van der Waals surface area contributed by atoms with Crippen LogP contribution < -0.4 is 10.1 Å². The summed E-state index contributed by atoms with van der Waals surface area (Å²) in [5.41, 5.74) is 1.22. The molecule has 2 nitrogen and oxygen atoms in total. The first-order valence-electron chi connectivity index (χ1n) is 7.06. The van der Waals surface area contributed by atoms with E-state index in [1.54, 1.807) is 12.1 Å². The lowest BCUT2D eigenvalue weighted by Crippen LogP contribution is -2.26. The van der Waals surface area contributed by atoms with Crippen molar-refractivity contribution in [3.8, 4) is 11.5 Å². The molecule has 1 N–H and O–H groups in total. The fraction of sp³-hybridized carbons (Fsp3) is 0.294. The van der Waals surface area contributed by atoms with Gasteiger partial charge in [-0.25, -0.2) is 4.39 Å². The van der Waals surface area contributed by atoms with Crippen LogP contribution in [0.3, 0.4) is 0 Å². The molecule has 0 radical (unpaired) electrons. The molecule has 0 saturated carbocycles. The third-order valence-electron chi connectivity index (χ3n) is 3.72. The highest BCUT2D eigenvalue weighted by atomic mass is 19.1. The van der Waals surface area contributed by atoms with Gasteiger partial charge in [0.2, 0.25) is 0 Å². The van der Waals surface area contributed by atoms with Crippen molar-refractivity contribution in [1.29, 1.82) is 0 Å². The van der Waals surface area contributed by atoms with Gasteiger partial charge in [0.15, 0.2) is 0 Å². The Labute approximate surface area is 118 Å². The molecule has 0 amide bonds. The van der Waals surface area contributed by atoms with Crippen LogP contribution in [-0.2, 0) is 0 Å². The van der Waals surface area contributed by atoms with Gasteiger partial charge in [-0.15, -0.1) is 0 Å². The summed E-state index contributed by atoms with van der Waals surface area (Å²) in [5, 5.41) is 3.37. The van der Waals surface area contributed by atoms with Crippen LogP contribution >= 0.6 is 0 Å². The van der Waals surface area contributed by atoms with E-state index in [2.05, 4.69) is 11.4 Å². The molecule has 104 valence electrons. The zero-order chi connectivity index (χ0) is 13.8. The van der Waals surface area contributed by atoms with Gasteiger partial charge in [-0.1, -0.05) is 24.3 Å². The van der Waals surface area contributed by atoms with E-state index in [0.29, 0.717) is 11.7 Å². The van der Waals surface area contributed by atoms with Crippen molar-refractivity contribution in [2.75, 3.05) is 13.1 Å². The molecule has 1 heterocycles. The van der Waals surface area contributed by atoms with Crippen LogP contribution in [0.2, 0.25) is 0 Å². The number of nitrogens with one attached hydrogen (secondary N) is 1. The first-order valence-corrected chi connectivity index (χ1v) is 7.06. The molecular weight excluding hydrogens is 253 g/mol. The van der Waals surface area contributed by atoms with Crippen LogP contribution in [0.15, 0.2) is 48.5 Å². The van der Waals surface area contributed by atoms with Crippen LogP contribution in [0.5, 0.6) is 11.5 Å². The van der Waals surface area contributed by atoms with Gasteiger partial charge in [-0.2, -0.15) is 0 Å². The highest BCUT2D eigenvalue weighted by molar-refractivity contribution is 5.40. The standard InChI is InChI=1S/C17H18FNO/c18-14-4-3-5-15(12-14)20-17-7-2-1-6-16(17)13-8-10-19-11-9-13/h1-7,12-13,19H,8-11H2. The van der Waals surface area contributed by atoms with Gasteiger partial charge >= 0.3 is 0 Å². The van der Waals surface area contributed by atoms with E-state index in [1.807, 2.05) is 18.2 Å². The minimum absolute atomic E-state index is 0.276. The molecule has 3 heteroatoms. The molecule has 20 heavy (non-hydrogen) atoms. The maximum Gasteiger partial charge on any atom is 0.130 e. The quantitative estimate of drug-likeness (QED) is 0.908. The second-order valence-corrected chi connectivity index (χ2v) is 5.12. The molecular formula is C17H18FNO. The Bertz CT molecular complexity index is 579. The van der Waals surface area contributed by atoms with Crippen molar-refractivity contribution in [3.63, 3.8) is 0 Å². The van der Waals surface area contributed by atoms with Gasteiger partial charge in [0.05, 0.1) is 0 Å². The highest BCUT2D eigenvalue weighted by Crippen LogP contribution is 2.34. The summed E-state index contributed by atoms with van der Waals surface area (Å²) >= 11 is 0. The lowest BCUT2D eigenvalue weighted by molar-refractivity contribution is 0.428. The predicted molar refractivity (Wildman–Crippen MR) is 77.8 cm³/mol. The highest BCUT2D eigenvalue weighted by Gasteiger charge is 2.18. The molecule has 3 rings (SSSR count). The normalized spacial score (nSPS) is 16.1. The fourth-order valence-electron chi connectivity index (χ4n) is 2.70. The average molecular weight is 271 g/mol. The number of hydrogen-bond donors (Lipinski definition) is 1. The summed E-state index contributed by atoms with van der Waals surface area (Å²) in [7, 11) is 0. The summed E-state index contributed by atoms with van der Waals surface area (Å²) in [6, 6.07) is 14.4. The number of para-hydroxylation sites is 1. The van der Waals surface area contributed by atoms with Gasteiger partial charge in [0.25, 0.3) is 0 Å². The Kier molecular flexibility index (Phi) is 3.97. The van der Waals surface area contributed by atoms with Crippen LogP contribution in [0.4, 0.5) is 4.39 Å². The van der Waals surface area contributed by atoms with Gasteiger partial charge < -0.3 is 10.1 Å². The number of benzene rings is 2. The topological polar surface area (TPSA) is 21.3 Å². The van der Waals surface area contributed by atoms with Crippen LogP contribution in [0.1, 0.15) is 24.3 Å². The minimum atomic E-state index is -0.276. The average Bonchev–Trinajstić information content (AvgIpc) is 2.49. The van der Waals surface area contributed by atoms with Gasteiger partial charge in [-0.3, -0.25) is 0 Å². The molecule has 0 atom stereocenters. The first-order chi connectivity index (χ1) is 9.83. The van der Waals surface area contributed by atoms with Crippen molar-refractivity contribution >= 4 is 0 Å². The molecule has 0 spiro atoms. The number of rotatable bonds is 3. The maximum absolute atomic E-state index is 13.2. The van der Waals surface area contributed by atoms with Crippen molar-refractivity contribution in [2.45, 2.75) is 18.8 Å². The summed E-state index contributed by atoms with van der Waals surface area (Å²) in [6.07, 6.45) is 2.23. The predicted octanol–water partition coefficient (Wildman–Crippen LogP) is 4.09. The lowest BCUT2D eigenvalue weighted by Gasteiger charge is -2.24. The molecule has 1 saturated heterocycles. The Morgan fingerprint density at radius 3 is 2.60 bits per heavy atom. The van der Waals surface area contributed by atoms with E-state index < -0.39 is 0 Å². The Hall–Kier alpha value is -1.87. The van der Waals surface area contributed by atoms with E-state index in [-0.39, 0.29) is 5.82 Å². The summed E-state index contributed by atoms with van der Waals surface area (Å²) in [6.45, 7) is 2.08. The molecule has 1 aliphatic heterocycles. The summed E-state index contributed by atoms with van der Waals surface area (Å²) < 4.78 is 19.1. The van der Waals surface area contributed by atoms with E-state index in [0.717, 1.165) is 31.7 Å². The molecule has 2 aromatic carbocycles. The second kappa shape index (κ2) is 6.06. The second-order valence-electron chi connectivity index (χ2n) is 5.12. The number of ether oxygens (including phenoxy) is 1. The van der Waals surface area contributed by atoms with Crippen molar-refractivity contribution < 1.29 is 9.13 Å². The molecule has 0 bridgehead atoms. The smallest absolute Gasteiger partial charge is 0.130 e. The first kappa shape index (κ1) is 13.1. The summed E-state index contributed by atoms with van der Waals surface area (Å²) in [4.78, 5) is 0. The van der Waals surface area contributed by atoms with Gasteiger partial charge in [0, 0.05) is 6.07 Å². The molecule has 0 unspecified atom stereocenters. The van der Waals surface area contributed by atoms with E-state index in [9.17, 15) is 4.39 Å².